The first-order valence-corrected chi connectivity index (χ1v) is 6.40. The third-order valence-corrected chi connectivity index (χ3v) is 3.73. The molecule has 2 aromatic heterocycles. The van der Waals surface area contributed by atoms with Crippen molar-refractivity contribution in [2.45, 2.75) is 0 Å². The summed E-state index contributed by atoms with van der Waals surface area (Å²) in [7, 11) is 1.55. The van der Waals surface area contributed by atoms with Crippen LogP contribution in [0.1, 0.15) is 0 Å². The average molecular weight is 295 g/mol. The van der Waals surface area contributed by atoms with E-state index in [0.29, 0.717) is 26.7 Å². The van der Waals surface area contributed by atoms with Gasteiger partial charge in [-0.1, -0.05) is 16.8 Å². The van der Waals surface area contributed by atoms with E-state index in [4.69, 9.17) is 16.3 Å². The second kappa shape index (κ2) is 4.60. The number of nitrogens with zero attached hydrogens (tertiary/aromatic N) is 3. The number of halogens is 1. The molecule has 0 aliphatic carbocycles. The Morgan fingerprint density at radius 3 is 3.00 bits per heavy atom. The van der Waals surface area contributed by atoms with Crippen LogP contribution in [0, 0.1) is 0 Å². The Kier molecular flexibility index (Phi) is 2.92. The van der Waals surface area contributed by atoms with E-state index in [0.717, 1.165) is 17.1 Å². The minimum absolute atomic E-state index is 0.298. The summed E-state index contributed by atoms with van der Waals surface area (Å²) in [5, 5.41) is 10.2. The van der Waals surface area contributed by atoms with Gasteiger partial charge in [-0.05, 0) is 29.7 Å². The third-order valence-electron chi connectivity index (χ3n) is 2.60. The predicted molar refractivity (Wildman–Crippen MR) is 72.8 cm³/mol. The van der Waals surface area contributed by atoms with Crippen molar-refractivity contribution in [1.82, 2.24) is 19.8 Å². The number of methoxy groups -OCH3 is 1. The van der Waals surface area contributed by atoms with Gasteiger partial charge in [0.2, 0.25) is 0 Å². The van der Waals surface area contributed by atoms with Gasteiger partial charge in [-0.2, -0.15) is 4.37 Å². The van der Waals surface area contributed by atoms with Crippen LogP contribution in [-0.2, 0) is 0 Å². The average Bonchev–Trinajstić information content (AvgIpc) is 2.84. The van der Waals surface area contributed by atoms with Gasteiger partial charge in [0.25, 0.3) is 5.56 Å². The summed E-state index contributed by atoms with van der Waals surface area (Å²) in [5.41, 5.74) is 1.52. The van der Waals surface area contributed by atoms with Crippen molar-refractivity contribution >= 4 is 33.4 Å². The number of nitrogens with one attached hydrogen (secondary N) is 1. The van der Waals surface area contributed by atoms with Gasteiger partial charge in [0, 0.05) is 5.56 Å². The van der Waals surface area contributed by atoms with E-state index in [1.807, 2.05) is 6.07 Å². The van der Waals surface area contributed by atoms with Crippen LogP contribution in [0.3, 0.4) is 0 Å². The zero-order valence-corrected chi connectivity index (χ0v) is 11.2. The van der Waals surface area contributed by atoms with Crippen molar-refractivity contribution in [1.29, 1.82) is 0 Å². The molecule has 0 unspecified atom stereocenters. The van der Waals surface area contributed by atoms with E-state index in [9.17, 15) is 4.79 Å². The summed E-state index contributed by atoms with van der Waals surface area (Å²) in [6.07, 6.45) is 0. The van der Waals surface area contributed by atoms with Gasteiger partial charge in [0.1, 0.15) is 21.7 Å². The molecule has 0 saturated heterocycles. The summed E-state index contributed by atoms with van der Waals surface area (Å²) >= 11 is 7.16. The molecule has 1 aromatic carbocycles. The third kappa shape index (κ3) is 1.96. The van der Waals surface area contributed by atoms with Crippen LogP contribution < -0.4 is 10.3 Å². The van der Waals surface area contributed by atoms with Crippen molar-refractivity contribution in [3.05, 3.63) is 33.6 Å². The van der Waals surface area contributed by atoms with E-state index < -0.39 is 0 Å². The van der Waals surface area contributed by atoms with Crippen LogP contribution in [0.4, 0.5) is 0 Å². The summed E-state index contributed by atoms with van der Waals surface area (Å²) in [4.78, 5) is 11.6. The number of aromatic nitrogens is 4. The topological polar surface area (TPSA) is 80.8 Å². The molecule has 0 fully saturated rings. The Morgan fingerprint density at radius 1 is 1.42 bits per heavy atom. The van der Waals surface area contributed by atoms with Crippen molar-refractivity contribution in [2.24, 2.45) is 0 Å². The molecular formula is C11H7ClN4O2S. The highest BCUT2D eigenvalue weighted by atomic mass is 35.5. The zero-order valence-electron chi connectivity index (χ0n) is 9.68. The molecule has 0 aliphatic heterocycles. The first-order valence-electron chi connectivity index (χ1n) is 5.25. The highest BCUT2D eigenvalue weighted by Crippen LogP contribution is 2.32. The fourth-order valence-corrected chi connectivity index (χ4v) is 2.69. The Morgan fingerprint density at radius 2 is 2.26 bits per heavy atom. The lowest BCUT2D eigenvalue weighted by atomic mass is 10.1. The molecule has 1 N–H and O–H groups in total. The zero-order chi connectivity index (χ0) is 13.4. The lowest BCUT2D eigenvalue weighted by molar-refractivity contribution is 0.415. The van der Waals surface area contributed by atoms with Crippen LogP contribution in [0.25, 0.3) is 21.5 Å². The lowest BCUT2D eigenvalue weighted by Crippen LogP contribution is -2.07. The molecule has 0 atom stereocenters. The summed E-state index contributed by atoms with van der Waals surface area (Å²) < 4.78 is 9.78. The van der Waals surface area contributed by atoms with Gasteiger partial charge >= 0.3 is 0 Å². The Labute approximate surface area is 116 Å². The highest BCUT2D eigenvalue weighted by molar-refractivity contribution is 7.13. The number of hydrogen-bond acceptors (Lipinski definition) is 6. The summed E-state index contributed by atoms with van der Waals surface area (Å²) in [6, 6.07) is 5.27. The number of rotatable bonds is 2. The van der Waals surface area contributed by atoms with Gasteiger partial charge in [-0.15, -0.1) is 5.10 Å². The minimum Gasteiger partial charge on any atom is -0.495 e. The number of H-pyrrole nitrogens is 1. The van der Waals surface area contributed by atoms with Gasteiger partial charge in [0.05, 0.1) is 12.1 Å². The van der Waals surface area contributed by atoms with Gasteiger partial charge < -0.3 is 4.74 Å². The predicted octanol–water partition coefficient (Wildman–Crippen LogP) is 2.10. The molecule has 0 amide bonds. The number of aromatic amines is 1. The standard InChI is InChI=1S/C11H7ClN4O2S/c1-18-7-3-2-5(4-6(7)12)8-9-10(19-15-8)11(17)14-16-13-9/h2-4H,1H3,(H,13,14,17). The molecule has 8 heteroatoms. The molecular weight excluding hydrogens is 288 g/mol. The van der Waals surface area contributed by atoms with Crippen molar-refractivity contribution in [3.63, 3.8) is 0 Å². The maximum atomic E-state index is 11.6. The lowest BCUT2D eigenvalue weighted by Gasteiger charge is -2.04. The number of hydrogen-bond donors (Lipinski definition) is 1. The van der Waals surface area contributed by atoms with E-state index >= 15 is 0 Å². The summed E-state index contributed by atoms with van der Waals surface area (Å²) in [5.74, 6) is 0.578. The van der Waals surface area contributed by atoms with Crippen LogP contribution in [0.5, 0.6) is 5.75 Å². The van der Waals surface area contributed by atoms with Crippen molar-refractivity contribution in [3.8, 4) is 17.0 Å². The smallest absolute Gasteiger partial charge is 0.286 e. The highest BCUT2D eigenvalue weighted by Gasteiger charge is 2.14. The van der Waals surface area contributed by atoms with Crippen LogP contribution in [0.2, 0.25) is 5.02 Å². The molecule has 0 bridgehead atoms. The second-order valence-electron chi connectivity index (χ2n) is 3.70. The monoisotopic (exact) mass is 294 g/mol. The van der Waals surface area contributed by atoms with E-state index in [1.54, 1.807) is 19.2 Å². The summed E-state index contributed by atoms with van der Waals surface area (Å²) in [6.45, 7) is 0. The van der Waals surface area contributed by atoms with Crippen LogP contribution in [-0.4, -0.2) is 26.9 Å². The Bertz CT molecular complexity index is 814. The largest absolute Gasteiger partial charge is 0.495 e. The van der Waals surface area contributed by atoms with E-state index in [2.05, 4.69) is 19.8 Å². The molecule has 0 spiro atoms. The molecule has 0 aliphatic rings. The molecule has 19 heavy (non-hydrogen) atoms. The van der Waals surface area contributed by atoms with Crippen molar-refractivity contribution < 1.29 is 4.74 Å². The maximum absolute atomic E-state index is 11.6. The first-order chi connectivity index (χ1) is 9.20. The number of benzene rings is 1. The molecule has 0 saturated carbocycles. The maximum Gasteiger partial charge on any atom is 0.286 e. The SMILES string of the molecule is COc1ccc(-c2nsc3c(=O)[nH]nnc23)cc1Cl. The molecule has 3 rings (SSSR count). The first kappa shape index (κ1) is 12.1. The van der Waals surface area contributed by atoms with Crippen LogP contribution >= 0.6 is 23.1 Å². The Balaban J connectivity index is 2.22. The normalized spacial score (nSPS) is 10.8. The van der Waals surface area contributed by atoms with Gasteiger partial charge in [-0.3, -0.25) is 4.79 Å². The van der Waals surface area contributed by atoms with E-state index in [-0.39, 0.29) is 5.56 Å². The second-order valence-corrected chi connectivity index (χ2v) is 4.88. The van der Waals surface area contributed by atoms with E-state index in [1.165, 1.54) is 0 Å². The van der Waals surface area contributed by atoms with Gasteiger partial charge in [0.15, 0.2) is 0 Å². The fourth-order valence-electron chi connectivity index (χ4n) is 1.70. The molecule has 96 valence electrons. The molecule has 0 radical (unpaired) electrons. The quantitative estimate of drug-likeness (QED) is 0.783. The molecule has 3 aromatic rings. The number of ether oxygens (including phenoxy) is 1. The van der Waals surface area contributed by atoms with Gasteiger partial charge in [-0.25, -0.2) is 5.10 Å². The molecule has 2 heterocycles. The molecule has 6 nitrogen and oxygen atoms in total. The number of fused-ring (bicyclic) bond motifs is 1. The minimum atomic E-state index is -0.298. The van der Waals surface area contributed by atoms with Crippen molar-refractivity contribution in [2.75, 3.05) is 7.11 Å². The Hall–Kier alpha value is -1.99. The van der Waals surface area contributed by atoms with Crippen LogP contribution in [0.15, 0.2) is 23.0 Å². The fraction of sp³-hybridized carbons (Fsp3) is 0.0909.